The lowest BCUT2D eigenvalue weighted by molar-refractivity contribution is -0.137. The number of aryl methyl sites for hydroxylation is 1. The van der Waals surface area contributed by atoms with Crippen LogP contribution in [-0.2, 0) is 12.7 Å². The van der Waals surface area contributed by atoms with E-state index in [2.05, 4.69) is 9.88 Å². The van der Waals surface area contributed by atoms with E-state index in [1.807, 2.05) is 42.6 Å². The van der Waals surface area contributed by atoms with Gasteiger partial charge in [0.05, 0.1) is 11.3 Å². The summed E-state index contributed by atoms with van der Waals surface area (Å²) in [4.78, 5) is 18.9. The Balaban J connectivity index is 0.000000250. The number of hydrogen-bond donors (Lipinski definition) is 0. The highest BCUT2D eigenvalue weighted by molar-refractivity contribution is 5.85. The first-order valence-electron chi connectivity index (χ1n) is 11.4. The van der Waals surface area contributed by atoms with Gasteiger partial charge in [0.15, 0.2) is 0 Å². The summed E-state index contributed by atoms with van der Waals surface area (Å²) in [6.45, 7) is 4.55. The van der Waals surface area contributed by atoms with Crippen molar-refractivity contribution in [3.05, 3.63) is 89.0 Å². The molecule has 1 aliphatic carbocycles. The molecular formula is C26H29ClF3N3O. The summed E-state index contributed by atoms with van der Waals surface area (Å²) in [5.41, 5.74) is 0.997. The molecule has 0 N–H and O–H groups in total. The summed E-state index contributed by atoms with van der Waals surface area (Å²) in [6.07, 6.45) is 1.33. The number of rotatable bonds is 6. The monoisotopic (exact) mass is 491 g/mol. The number of nitrogens with zero attached hydrogens (tertiary/aromatic N) is 3. The van der Waals surface area contributed by atoms with Crippen molar-refractivity contribution < 1.29 is 13.2 Å². The van der Waals surface area contributed by atoms with Gasteiger partial charge in [0, 0.05) is 31.4 Å². The van der Waals surface area contributed by atoms with Crippen molar-refractivity contribution in [1.82, 2.24) is 14.5 Å². The third-order valence-corrected chi connectivity index (χ3v) is 6.22. The SMILES string of the molecule is Cl.FC(F)(F)c1ccccc1.O=c1nc(-c2ccccc2)ccn1CCCCN1CC2CC2C1. The highest BCUT2D eigenvalue weighted by atomic mass is 35.5. The molecule has 0 bridgehead atoms. The maximum atomic E-state index is 12.2. The van der Waals surface area contributed by atoms with Crippen LogP contribution in [0.25, 0.3) is 11.3 Å². The van der Waals surface area contributed by atoms with Crippen molar-refractivity contribution >= 4 is 12.4 Å². The lowest BCUT2D eigenvalue weighted by Gasteiger charge is -2.17. The smallest absolute Gasteiger partial charge is 0.303 e. The molecule has 2 heterocycles. The maximum absolute atomic E-state index is 12.2. The second-order valence-electron chi connectivity index (χ2n) is 8.74. The molecule has 3 aromatic rings. The van der Waals surface area contributed by atoms with Gasteiger partial charge in [-0.05, 0) is 43.7 Å². The van der Waals surface area contributed by atoms with E-state index in [4.69, 9.17) is 0 Å². The first-order chi connectivity index (χ1) is 15.9. The van der Waals surface area contributed by atoms with Crippen LogP contribution in [-0.4, -0.2) is 34.1 Å². The van der Waals surface area contributed by atoms with E-state index in [1.165, 1.54) is 38.2 Å². The molecule has 1 aromatic heterocycles. The highest BCUT2D eigenvalue weighted by Gasteiger charge is 2.44. The van der Waals surface area contributed by atoms with Gasteiger partial charge in [-0.15, -0.1) is 12.4 Å². The molecule has 2 aliphatic rings. The maximum Gasteiger partial charge on any atom is 0.416 e. The van der Waals surface area contributed by atoms with Gasteiger partial charge in [-0.3, -0.25) is 4.57 Å². The zero-order valence-electron chi connectivity index (χ0n) is 18.8. The lowest BCUT2D eigenvalue weighted by atomic mass is 10.1. The fourth-order valence-electron chi connectivity index (χ4n) is 4.29. The Morgan fingerprint density at radius 3 is 2.00 bits per heavy atom. The molecular weight excluding hydrogens is 463 g/mol. The summed E-state index contributed by atoms with van der Waals surface area (Å²) in [5.74, 6) is 2.01. The van der Waals surface area contributed by atoms with E-state index in [0.717, 1.165) is 54.6 Å². The summed E-state index contributed by atoms with van der Waals surface area (Å²) < 4.78 is 37.1. The van der Waals surface area contributed by atoms with Crippen LogP contribution in [0.5, 0.6) is 0 Å². The van der Waals surface area contributed by atoms with Gasteiger partial charge < -0.3 is 4.90 Å². The van der Waals surface area contributed by atoms with Gasteiger partial charge >= 0.3 is 11.9 Å². The van der Waals surface area contributed by atoms with Crippen LogP contribution < -0.4 is 5.69 Å². The predicted molar refractivity (Wildman–Crippen MR) is 130 cm³/mol. The van der Waals surface area contributed by atoms with Crippen molar-refractivity contribution in [3.8, 4) is 11.3 Å². The van der Waals surface area contributed by atoms with E-state index in [-0.39, 0.29) is 18.1 Å². The molecule has 0 amide bonds. The molecule has 2 atom stereocenters. The molecule has 1 saturated heterocycles. The Kier molecular flexibility index (Phi) is 8.91. The Morgan fingerprint density at radius 2 is 1.44 bits per heavy atom. The Labute approximate surface area is 203 Å². The van der Waals surface area contributed by atoms with Gasteiger partial charge in [0.1, 0.15) is 0 Å². The number of likely N-dealkylation sites (tertiary alicyclic amines) is 1. The molecule has 8 heteroatoms. The number of benzene rings is 2. The Bertz CT molecular complexity index is 1080. The molecule has 1 saturated carbocycles. The van der Waals surface area contributed by atoms with E-state index in [9.17, 15) is 18.0 Å². The molecule has 2 unspecified atom stereocenters. The average molecular weight is 492 g/mol. The van der Waals surface area contributed by atoms with Crippen LogP contribution in [0.4, 0.5) is 13.2 Å². The van der Waals surface area contributed by atoms with Crippen LogP contribution >= 0.6 is 12.4 Å². The summed E-state index contributed by atoms with van der Waals surface area (Å²) in [6, 6.07) is 18.1. The summed E-state index contributed by atoms with van der Waals surface area (Å²) in [7, 11) is 0. The minimum Gasteiger partial charge on any atom is -0.303 e. The van der Waals surface area contributed by atoms with Crippen molar-refractivity contribution in [3.63, 3.8) is 0 Å². The van der Waals surface area contributed by atoms with E-state index in [0.29, 0.717) is 0 Å². The van der Waals surface area contributed by atoms with Crippen molar-refractivity contribution in [2.24, 2.45) is 11.8 Å². The van der Waals surface area contributed by atoms with Crippen LogP contribution in [0.15, 0.2) is 77.7 Å². The van der Waals surface area contributed by atoms with Crippen LogP contribution in [0, 0.1) is 11.8 Å². The van der Waals surface area contributed by atoms with Crippen LogP contribution in [0.2, 0.25) is 0 Å². The van der Waals surface area contributed by atoms with Crippen LogP contribution in [0.3, 0.4) is 0 Å². The Morgan fingerprint density at radius 1 is 0.853 bits per heavy atom. The second-order valence-corrected chi connectivity index (χ2v) is 8.74. The van der Waals surface area contributed by atoms with E-state index < -0.39 is 11.7 Å². The van der Waals surface area contributed by atoms with E-state index in [1.54, 1.807) is 10.6 Å². The lowest BCUT2D eigenvalue weighted by Crippen LogP contribution is -2.25. The first kappa shape index (κ1) is 26.0. The molecule has 2 aromatic carbocycles. The third-order valence-electron chi connectivity index (χ3n) is 6.22. The number of alkyl halides is 3. The molecule has 0 spiro atoms. The highest BCUT2D eigenvalue weighted by Crippen LogP contribution is 2.44. The largest absolute Gasteiger partial charge is 0.416 e. The fourth-order valence-corrected chi connectivity index (χ4v) is 4.29. The van der Waals surface area contributed by atoms with Crippen molar-refractivity contribution in [2.75, 3.05) is 19.6 Å². The fraction of sp³-hybridized carbons (Fsp3) is 0.385. The van der Waals surface area contributed by atoms with E-state index >= 15 is 0 Å². The molecule has 182 valence electrons. The molecule has 1 aliphatic heterocycles. The topological polar surface area (TPSA) is 38.1 Å². The summed E-state index contributed by atoms with van der Waals surface area (Å²) in [5, 5.41) is 0. The quantitative estimate of drug-likeness (QED) is 0.411. The van der Waals surface area contributed by atoms with Gasteiger partial charge in [-0.25, -0.2) is 4.79 Å². The van der Waals surface area contributed by atoms with Gasteiger partial charge in [0.25, 0.3) is 0 Å². The second kappa shape index (κ2) is 11.7. The van der Waals surface area contributed by atoms with Crippen molar-refractivity contribution in [2.45, 2.75) is 32.0 Å². The standard InChI is InChI=1S/C19H23N3O.C7H5F3.ClH/c23-19-20-18(15-6-2-1-3-7-15)8-11-22(19)10-5-4-9-21-13-16-12-17(16)14-21;8-7(9,10)6-4-2-1-3-5-6;/h1-3,6-8,11,16-17H,4-5,9-10,12-14H2;1-5H;1H. The zero-order chi connectivity index (χ0) is 23.3. The third kappa shape index (κ3) is 7.18. The number of hydrogen-bond acceptors (Lipinski definition) is 3. The summed E-state index contributed by atoms with van der Waals surface area (Å²) >= 11 is 0. The van der Waals surface area contributed by atoms with Crippen LogP contribution in [0.1, 0.15) is 24.8 Å². The number of aromatic nitrogens is 2. The predicted octanol–water partition coefficient (Wildman–Crippen LogP) is 5.77. The normalized spacial score (nSPS) is 18.9. The number of unbranched alkanes of at least 4 members (excludes halogenated alkanes) is 1. The first-order valence-corrected chi connectivity index (χ1v) is 11.4. The number of piperidine rings is 1. The minimum absolute atomic E-state index is 0. The molecule has 2 fully saturated rings. The van der Waals surface area contributed by atoms with Crippen molar-refractivity contribution in [1.29, 1.82) is 0 Å². The average Bonchev–Trinajstić information content (AvgIpc) is 3.44. The number of halogens is 4. The molecule has 0 radical (unpaired) electrons. The number of fused-ring (bicyclic) bond motifs is 1. The van der Waals surface area contributed by atoms with Gasteiger partial charge in [-0.1, -0.05) is 60.7 Å². The minimum atomic E-state index is -4.21. The van der Waals surface area contributed by atoms with Gasteiger partial charge in [-0.2, -0.15) is 18.2 Å². The molecule has 4 nitrogen and oxygen atoms in total. The molecule has 5 rings (SSSR count). The zero-order valence-corrected chi connectivity index (χ0v) is 19.6. The Hall–Kier alpha value is -2.64. The van der Waals surface area contributed by atoms with Gasteiger partial charge in [0.2, 0.25) is 0 Å². The molecule has 34 heavy (non-hydrogen) atoms.